The van der Waals surface area contributed by atoms with E-state index in [0.29, 0.717) is 35.3 Å². The molecule has 2 rings (SSSR count). The number of para-hydroxylation sites is 1. The third kappa shape index (κ3) is 4.75. The summed E-state index contributed by atoms with van der Waals surface area (Å²) >= 11 is 0. The molecule has 1 N–H and O–H groups in total. The minimum Gasteiger partial charge on any atom is -0.493 e. The van der Waals surface area contributed by atoms with E-state index in [2.05, 4.69) is 5.32 Å². The van der Waals surface area contributed by atoms with Crippen LogP contribution in [0.1, 0.15) is 11.1 Å². The van der Waals surface area contributed by atoms with Gasteiger partial charge in [0, 0.05) is 12.1 Å². The first-order valence-corrected chi connectivity index (χ1v) is 8.33. The smallest absolute Gasteiger partial charge is 0.224 e. The zero-order valence-corrected chi connectivity index (χ0v) is 16.3. The molecule has 0 bridgehead atoms. The van der Waals surface area contributed by atoms with E-state index in [1.54, 1.807) is 32.4 Å². The lowest BCUT2D eigenvalue weighted by molar-refractivity contribution is -0.120. The second kappa shape index (κ2) is 9.56. The van der Waals surface area contributed by atoms with E-state index in [0.717, 1.165) is 11.1 Å². The highest BCUT2D eigenvalue weighted by Gasteiger charge is 2.15. The normalized spacial score (nSPS) is 10.1. The topological polar surface area (TPSA) is 75.3 Å². The van der Waals surface area contributed by atoms with Crippen molar-refractivity contribution >= 4 is 5.91 Å². The Kier molecular flexibility index (Phi) is 7.16. The largest absolute Gasteiger partial charge is 0.493 e. The molecule has 0 saturated heterocycles. The molecule has 27 heavy (non-hydrogen) atoms. The quantitative estimate of drug-likeness (QED) is 0.726. The van der Waals surface area contributed by atoms with Gasteiger partial charge in [0.1, 0.15) is 0 Å². The summed E-state index contributed by atoms with van der Waals surface area (Å²) in [5, 5.41) is 2.89. The lowest BCUT2D eigenvalue weighted by Gasteiger charge is -2.15. The Morgan fingerprint density at radius 3 is 1.93 bits per heavy atom. The van der Waals surface area contributed by atoms with Gasteiger partial charge >= 0.3 is 0 Å². The van der Waals surface area contributed by atoms with Gasteiger partial charge in [-0.25, -0.2) is 0 Å². The highest BCUT2D eigenvalue weighted by atomic mass is 16.5. The number of methoxy groups -OCH3 is 5. The molecule has 0 saturated carbocycles. The Balaban J connectivity index is 2.11. The van der Waals surface area contributed by atoms with E-state index in [9.17, 15) is 4.79 Å². The van der Waals surface area contributed by atoms with E-state index in [1.807, 2.05) is 12.1 Å². The standard InChI is InChI=1S/C20H25NO6/c1-23-15-8-6-7-14(19(15)26-4)12-21-18(22)11-13-9-16(24-2)20(27-5)17(10-13)25-3/h6-10H,11-12H2,1-5H3,(H,21,22). The maximum Gasteiger partial charge on any atom is 0.224 e. The van der Waals surface area contributed by atoms with Crippen LogP contribution in [0.15, 0.2) is 30.3 Å². The average molecular weight is 375 g/mol. The summed E-state index contributed by atoms with van der Waals surface area (Å²) in [5.74, 6) is 2.59. The monoisotopic (exact) mass is 375 g/mol. The Morgan fingerprint density at radius 2 is 1.41 bits per heavy atom. The van der Waals surface area contributed by atoms with Crippen molar-refractivity contribution in [2.24, 2.45) is 0 Å². The van der Waals surface area contributed by atoms with Crippen LogP contribution < -0.4 is 29.0 Å². The van der Waals surface area contributed by atoms with E-state index in [1.165, 1.54) is 21.3 Å². The lowest BCUT2D eigenvalue weighted by Crippen LogP contribution is -2.24. The summed E-state index contributed by atoms with van der Waals surface area (Å²) in [7, 11) is 7.75. The van der Waals surface area contributed by atoms with Gasteiger partial charge in [-0.05, 0) is 23.8 Å². The Morgan fingerprint density at radius 1 is 0.815 bits per heavy atom. The molecule has 0 radical (unpaired) electrons. The number of amides is 1. The molecule has 0 spiro atoms. The van der Waals surface area contributed by atoms with Crippen LogP contribution in [0.25, 0.3) is 0 Å². The van der Waals surface area contributed by atoms with Crippen LogP contribution in [-0.4, -0.2) is 41.5 Å². The fourth-order valence-corrected chi connectivity index (χ4v) is 2.77. The first kappa shape index (κ1) is 20.2. The Hall–Kier alpha value is -3.09. The van der Waals surface area contributed by atoms with Crippen molar-refractivity contribution in [3.05, 3.63) is 41.5 Å². The molecule has 0 atom stereocenters. The highest BCUT2D eigenvalue weighted by Crippen LogP contribution is 2.38. The maximum atomic E-state index is 12.4. The van der Waals surface area contributed by atoms with Gasteiger partial charge in [0.05, 0.1) is 42.0 Å². The Labute approximate surface area is 159 Å². The van der Waals surface area contributed by atoms with E-state index >= 15 is 0 Å². The highest BCUT2D eigenvalue weighted by molar-refractivity contribution is 5.79. The van der Waals surface area contributed by atoms with Crippen LogP contribution >= 0.6 is 0 Å². The molecular formula is C20H25NO6. The van der Waals surface area contributed by atoms with Gasteiger partial charge < -0.3 is 29.0 Å². The van der Waals surface area contributed by atoms with Crippen molar-refractivity contribution in [2.75, 3.05) is 35.5 Å². The summed E-state index contributed by atoms with van der Waals surface area (Å²) in [6.07, 6.45) is 0.170. The van der Waals surface area contributed by atoms with Crippen LogP contribution in [0.2, 0.25) is 0 Å². The summed E-state index contributed by atoms with van der Waals surface area (Å²) in [5.41, 5.74) is 1.58. The minimum absolute atomic E-state index is 0.144. The molecule has 7 nitrogen and oxygen atoms in total. The second-order valence-corrected chi connectivity index (χ2v) is 5.64. The molecule has 0 aliphatic carbocycles. The van der Waals surface area contributed by atoms with Gasteiger partial charge in [-0.15, -0.1) is 0 Å². The molecule has 1 amide bonds. The van der Waals surface area contributed by atoms with Crippen molar-refractivity contribution in [1.82, 2.24) is 5.32 Å². The van der Waals surface area contributed by atoms with Gasteiger partial charge in [-0.1, -0.05) is 12.1 Å². The molecular weight excluding hydrogens is 350 g/mol. The van der Waals surface area contributed by atoms with Gasteiger partial charge in [0.15, 0.2) is 23.0 Å². The van der Waals surface area contributed by atoms with E-state index < -0.39 is 0 Å². The number of nitrogens with one attached hydrogen (secondary N) is 1. The zero-order valence-electron chi connectivity index (χ0n) is 16.3. The number of carbonyl (C=O) groups is 1. The number of benzene rings is 2. The van der Waals surface area contributed by atoms with Gasteiger partial charge in [-0.2, -0.15) is 0 Å². The maximum absolute atomic E-state index is 12.4. The molecule has 0 heterocycles. The number of rotatable bonds is 9. The summed E-state index contributed by atoms with van der Waals surface area (Å²) in [6, 6.07) is 9.04. The van der Waals surface area contributed by atoms with Crippen molar-refractivity contribution in [2.45, 2.75) is 13.0 Å². The molecule has 146 valence electrons. The predicted octanol–water partition coefficient (Wildman–Crippen LogP) is 2.59. The third-order valence-electron chi connectivity index (χ3n) is 4.05. The van der Waals surface area contributed by atoms with Gasteiger partial charge in [-0.3, -0.25) is 4.79 Å². The predicted molar refractivity (Wildman–Crippen MR) is 101 cm³/mol. The molecule has 0 aliphatic rings. The average Bonchev–Trinajstić information content (AvgIpc) is 2.70. The number of hydrogen-bond acceptors (Lipinski definition) is 6. The van der Waals surface area contributed by atoms with E-state index in [-0.39, 0.29) is 12.3 Å². The van der Waals surface area contributed by atoms with Crippen LogP contribution in [0.5, 0.6) is 28.7 Å². The fraction of sp³-hybridized carbons (Fsp3) is 0.350. The van der Waals surface area contributed by atoms with Crippen LogP contribution in [-0.2, 0) is 17.8 Å². The molecule has 0 aromatic heterocycles. The van der Waals surface area contributed by atoms with Crippen LogP contribution in [0.4, 0.5) is 0 Å². The zero-order chi connectivity index (χ0) is 19.8. The van der Waals surface area contributed by atoms with Crippen molar-refractivity contribution in [3.63, 3.8) is 0 Å². The SMILES string of the molecule is COc1cccc(CNC(=O)Cc2cc(OC)c(OC)c(OC)c2)c1OC. The first-order chi connectivity index (χ1) is 13.1. The van der Waals surface area contributed by atoms with Crippen LogP contribution in [0, 0.1) is 0 Å². The minimum atomic E-state index is -0.144. The number of carbonyl (C=O) groups excluding carboxylic acids is 1. The van der Waals surface area contributed by atoms with Crippen LogP contribution in [0.3, 0.4) is 0 Å². The fourth-order valence-electron chi connectivity index (χ4n) is 2.77. The molecule has 0 unspecified atom stereocenters. The summed E-state index contributed by atoms with van der Waals surface area (Å²) in [4.78, 5) is 12.4. The van der Waals surface area contributed by atoms with Crippen molar-refractivity contribution in [3.8, 4) is 28.7 Å². The second-order valence-electron chi connectivity index (χ2n) is 5.64. The summed E-state index contributed by atoms with van der Waals surface area (Å²) < 4.78 is 26.6. The number of hydrogen-bond donors (Lipinski definition) is 1. The Bertz CT molecular complexity index is 765. The van der Waals surface area contributed by atoms with Crippen molar-refractivity contribution in [1.29, 1.82) is 0 Å². The number of ether oxygens (including phenoxy) is 5. The third-order valence-corrected chi connectivity index (χ3v) is 4.05. The van der Waals surface area contributed by atoms with Crippen molar-refractivity contribution < 1.29 is 28.5 Å². The molecule has 0 aliphatic heterocycles. The lowest BCUT2D eigenvalue weighted by atomic mass is 10.1. The summed E-state index contributed by atoms with van der Waals surface area (Å²) in [6.45, 7) is 0.323. The van der Waals surface area contributed by atoms with E-state index in [4.69, 9.17) is 23.7 Å². The molecule has 7 heteroatoms. The van der Waals surface area contributed by atoms with Gasteiger partial charge in [0.25, 0.3) is 0 Å². The first-order valence-electron chi connectivity index (χ1n) is 8.33. The molecule has 2 aromatic rings. The molecule has 0 fully saturated rings. The van der Waals surface area contributed by atoms with Gasteiger partial charge in [0.2, 0.25) is 11.7 Å². The molecule has 2 aromatic carbocycles.